The summed E-state index contributed by atoms with van der Waals surface area (Å²) in [5, 5.41) is 3.90. The van der Waals surface area contributed by atoms with Crippen molar-refractivity contribution in [3.63, 3.8) is 0 Å². The molecule has 0 saturated heterocycles. The maximum atomic E-state index is 5.64. The number of ether oxygens (including phenoxy) is 1. The third-order valence-corrected chi connectivity index (χ3v) is 6.36. The van der Waals surface area contributed by atoms with Crippen LogP contribution in [0.2, 0.25) is 0 Å². The van der Waals surface area contributed by atoms with Crippen molar-refractivity contribution in [1.29, 1.82) is 0 Å². The van der Waals surface area contributed by atoms with Crippen LogP contribution in [0.15, 0.2) is 0 Å². The van der Waals surface area contributed by atoms with Gasteiger partial charge in [-0.1, -0.05) is 20.8 Å². The second-order valence-corrected chi connectivity index (χ2v) is 7.41. The summed E-state index contributed by atoms with van der Waals surface area (Å²) in [6.45, 7) is 9.01. The average Bonchev–Trinajstić information content (AvgIpc) is 2.69. The van der Waals surface area contributed by atoms with Gasteiger partial charge in [0.05, 0.1) is 6.61 Å². The fourth-order valence-electron chi connectivity index (χ4n) is 4.52. The Labute approximate surface area is 118 Å². The number of nitrogens with one attached hydrogen (secondary N) is 1. The molecule has 4 unspecified atom stereocenters. The Kier molecular flexibility index (Phi) is 4.59. The smallest absolute Gasteiger partial charge is 0.0615 e. The molecule has 0 aliphatic heterocycles. The Bertz CT molecular complexity index is 305. The minimum Gasteiger partial charge on any atom is -0.383 e. The lowest BCUT2D eigenvalue weighted by molar-refractivity contribution is 0.0957. The molecule has 2 rings (SSSR count). The van der Waals surface area contributed by atoms with E-state index in [0.717, 1.165) is 31.9 Å². The molecule has 2 aliphatic carbocycles. The molecule has 19 heavy (non-hydrogen) atoms. The summed E-state index contributed by atoms with van der Waals surface area (Å²) >= 11 is 0. The van der Waals surface area contributed by atoms with Crippen molar-refractivity contribution in [3.05, 3.63) is 0 Å². The van der Waals surface area contributed by atoms with E-state index in [2.05, 4.69) is 26.1 Å². The third kappa shape index (κ3) is 2.57. The van der Waals surface area contributed by atoms with E-state index >= 15 is 0 Å². The Morgan fingerprint density at radius 1 is 1.37 bits per heavy atom. The number of hydrogen-bond acceptors (Lipinski definition) is 3. The molecule has 3 N–H and O–H groups in total. The van der Waals surface area contributed by atoms with Crippen LogP contribution >= 0.6 is 0 Å². The second kappa shape index (κ2) is 5.71. The van der Waals surface area contributed by atoms with Gasteiger partial charge in [-0.3, -0.25) is 0 Å². The van der Waals surface area contributed by atoms with Crippen molar-refractivity contribution in [1.82, 2.24) is 5.32 Å². The molecule has 2 bridgehead atoms. The molecule has 0 spiro atoms. The summed E-state index contributed by atoms with van der Waals surface area (Å²) in [5.74, 6) is 0.896. The van der Waals surface area contributed by atoms with E-state index < -0.39 is 0 Å². The zero-order chi connectivity index (χ0) is 14.1. The highest BCUT2D eigenvalue weighted by Crippen LogP contribution is 2.65. The van der Waals surface area contributed by atoms with Crippen molar-refractivity contribution in [2.24, 2.45) is 22.5 Å². The summed E-state index contributed by atoms with van der Waals surface area (Å²) < 4.78 is 5.37. The minimum atomic E-state index is 0.451. The van der Waals surface area contributed by atoms with E-state index in [4.69, 9.17) is 10.5 Å². The molecule has 0 aromatic rings. The molecule has 0 aromatic heterocycles. The first kappa shape index (κ1) is 15.3. The third-order valence-electron chi connectivity index (χ3n) is 6.36. The van der Waals surface area contributed by atoms with Gasteiger partial charge in [-0.25, -0.2) is 0 Å². The van der Waals surface area contributed by atoms with Crippen LogP contribution in [0.4, 0.5) is 0 Å². The number of rotatable bonds is 7. The van der Waals surface area contributed by atoms with Gasteiger partial charge < -0.3 is 15.8 Å². The lowest BCUT2D eigenvalue weighted by Crippen LogP contribution is -2.49. The zero-order valence-electron chi connectivity index (χ0n) is 13.2. The molecule has 3 heteroatoms. The maximum absolute atomic E-state index is 5.64. The van der Waals surface area contributed by atoms with Crippen LogP contribution in [0, 0.1) is 16.7 Å². The van der Waals surface area contributed by atoms with E-state index in [1.807, 2.05) is 0 Å². The normalized spacial score (nSPS) is 37.7. The van der Waals surface area contributed by atoms with Crippen LogP contribution in [-0.4, -0.2) is 32.3 Å². The lowest BCUT2D eigenvalue weighted by Gasteiger charge is -2.41. The Morgan fingerprint density at radius 2 is 2.11 bits per heavy atom. The van der Waals surface area contributed by atoms with Crippen LogP contribution in [0.3, 0.4) is 0 Å². The molecule has 2 aliphatic rings. The van der Waals surface area contributed by atoms with Crippen molar-refractivity contribution in [3.8, 4) is 0 Å². The molecule has 2 saturated carbocycles. The first-order chi connectivity index (χ1) is 8.95. The van der Waals surface area contributed by atoms with E-state index in [1.54, 1.807) is 7.11 Å². The molecule has 3 nitrogen and oxygen atoms in total. The summed E-state index contributed by atoms with van der Waals surface area (Å²) in [5.41, 5.74) is 6.58. The lowest BCUT2D eigenvalue weighted by atomic mass is 9.69. The first-order valence-corrected chi connectivity index (χ1v) is 7.90. The Balaban J connectivity index is 1.99. The monoisotopic (exact) mass is 268 g/mol. The molecular weight excluding hydrogens is 236 g/mol. The SMILES string of the molecule is COCC(CCCN)NC1CC2CCC1(C)C2(C)C. The van der Waals surface area contributed by atoms with Gasteiger partial charge in [0.2, 0.25) is 0 Å². The van der Waals surface area contributed by atoms with Crippen LogP contribution in [0.5, 0.6) is 0 Å². The van der Waals surface area contributed by atoms with Gasteiger partial charge in [-0.2, -0.15) is 0 Å². The van der Waals surface area contributed by atoms with Crippen molar-refractivity contribution >= 4 is 0 Å². The van der Waals surface area contributed by atoms with E-state index in [0.29, 0.717) is 22.9 Å². The largest absolute Gasteiger partial charge is 0.383 e. The van der Waals surface area contributed by atoms with Crippen LogP contribution in [-0.2, 0) is 4.74 Å². The fraction of sp³-hybridized carbons (Fsp3) is 1.00. The first-order valence-electron chi connectivity index (χ1n) is 7.90. The second-order valence-electron chi connectivity index (χ2n) is 7.41. The van der Waals surface area contributed by atoms with Crippen LogP contribution < -0.4 is 11.1 Å². The predicted molar refractivity (Wildman–Crippen MR) is 80.1 cm³/mol. The molecule has 2 fully saturated rings. The van der Waals surface area contributed by atoms with Gasteiger partial charge in [-0.05, 0) is 55.4 Å². The highest BCUT2D eigenvalue weighted by atomic mass is 16.5. The molecule has 0 amide bonds. The van der Waals surface area contributed by atoms with Gasteiger partial charge in [0.15, 0.2) is 0 Å². The van der Waals surface area contributed by atoms with Crippen LogP contribution in [0.25, 0.3) is 0 Å². The van der Waals surface area contributed by atoms with Gasteiger partial charge in [0.25, 0.3) is 0 Å². The summed E-state index contributed by atoms with van der Waals surface area (Å²) in [6, 6.07) is 1.12. The Hall–Kier alpha value is -0.120. The van der Waals surface area contributed by atoms with E-state index in [9.17, 15) is 0 Å². The molecule has 4 atom stereocenters. The Morgan fingerprint density at radius 3 is 2.58 bits per heavy atom. The zero-order valence-corrected chi connectivity index (χ0v) is 13.2. The predicted octanol–water partition coefficient (Wildman–Crippen LogP) is 2.54. The van der Waals surface area contributed by atoms with Crippen molar-refractivity contribution in [2.75, 3.05) is 20.3 Å². The molecule has 0 heterocycles. The minimum absolute atomic E-state index is 0.451. The molecule has 0 aromatic carbocycles. The van der Waals surface area contributed by atoms with Gasteiger partial charge in [0, 0.05) is 19.2 Å². The fourth-order valence-corrected chi connectivity index (χ4v) is 4.52. The molecular formula is C16H32N2O. The van der Waals surface area contributed by atoms with Gasteiger partial charge in [-0.15, -0.1) is 0 Å². The van der Waals surface area contributed by atoms with E-state index in [-0.39, 0.29) is 0 Å². The highest BCUT2D eigenvalue weighted by Gasteiger charge is 2.61. The number of methoxy groups -OCH3 is 1. The van der Waals surface area contributed by atoms with Gasteiger partial charge in [0.1, 0.15) is 0 Å². The van der Waals surface area contributed by atoms with E-state index in [1.165, 1.54) is 19.3 Å². The highest BCUT2D eigenvalue weighted by molar-refractivity contribution is 5.13. The molecule has 112 valence electrons. The number of hydrogen-bond donors (Lipinski definition) is 2. The van der Waals surface area contributed by atoms with Gasteiger partial charge >= 0.3 is 0 Å². The summed E-state index contributed by atoms with van der Waals surface area (Å²) in [4.78, 5) is 0. The summed E-state index contributed by atoms with van der Waals surface area (Å²) in [6.07, 6.45) is 6.34. The quantitative estimate of drug-likeness (QED) is 0.746. The average molecular weight is 268 g/mol. The number of nitrogens with two attached hydrogens (primary N) is 1. The standard InChI is InChI=1S/C16H32N2O/c1-15(2)12-7-8-16(15,3)14(10-12)18-13(11-19-4)6-5-9-17/h12-14,18H,5-11,17H2,1-4H3. The van der Waals surface area contributed by atoms with Crippen LogP contribution in [0.1, 0.15) is 52.9 Å². The molecule has 0 radical (unpaired) electrons. The van der Waals surface area contributed by atoms with Crippen molar-refractivity contribution < 1.29 is 4.74 Å². The van der Waals surface area contributed by atoms with Crippen molar-refractivity contribution in [2.45, 2.75) is 65.0 Å². The summed E-state index contributed by atoms with van der Waals surface area (Å²) in [7, 11) is 1.80. The maximum Gasteiger partial charge on any atom is 0.0615 e. The number of fused-ring (bicyclic) bond motifs is 2. The topological polar surface area (TPSA) is 47.3 Å².